The highest BCUT2D eigenvalue weighted by Crippen LogP contribution is 2.11. The first-order chi connectivity index (χ1) is 8.95. The van der Waals surface area contributed by atoms with E-state index in [9.17, 15) is 4.79 Å². The smallest absolute Gasteiger partial charge is 0.223 e. The van der Waals surface area contributed by atoms with Gasteiger partial charge < -0.3 is 5.32 Å². The first-order valence-electron chi connectivity index (χ1n) is 7.11. The fourth-order valence-electron chi connectivity index (χ4n) is 1.71. The lowest BCUT2D eigenvalue weighted by atomic mass is 10.1. The third-order valence-corrected chi connectivity index (χ3v) is 3.04. The van der Waals surface area contributed by atoms with E-state index in [4.69, 9.17) is 0 Å². The van der Waals surface area contributed by atoms with Crippen molar-refractivity contribution >= 4 is 5.91 Å². The Labute approximate surface area is 118 Å². The Balaban J connectivity index is 3.93. The number of hydrogen-bond acceptors (Lipinski definition) is 1. The topological polar surface area (TPSA) is 29.1 Å². The van der Waals surface area contributed by atoms with Crippen LogP contribution in [0.2, 0.25) is 0 Å². The summed E-state index contributed by atoms with van der Waals surface area (Å²) in [7, 11) is 1.67. The van der Waals surface area contributed by atoms with Crippen LogP contribution in [-0.2, 0) is 4.79 Å². The van der Waals surface area contributed by atoms with E-state index in [1.807, 2.05) is 6.08 Å². The molecule has 0 rings (SSSR count). The number of carbonyl (C=O) groups is 1. The molecule has 0 heterocycles. The molecule has 2 heteroatoms. The van der Waals surface area contributed by atoms with Gasteiger partial charge in [-0.3, -0.25) is 4.79 Å². The van der Waals surface area contributed by atoms with E-state index in [1.54, 1.807) is 7.05 Å². The van der Waals surface area contributed by atoms with E-state index in [2.05, 4.69) is 45.2 Å². The highest BCUT2D eigenvalue weighted by Gasteiger charge is 1.95. The quantitative estimate of drug-likeness (QED) is 0.640. The van der Waals surface area contributed by atoms with Gasteiger partial charge in [0.1, 0.15) is 0 Å². The predicted octanol–water partition coefficient (Wildman–Crippen LogP) is 4.54. The molecule has 2 nitrogen and oxygen atoms in total. The molecule has 0 atom stereocenters. The van der Waals surface area contributed by atoms with Gasteiger partial charge in [-0.2, -0.15) is 0 Å². The highest BCUT2D eigenvalue weighted by molar-refractivity contribution is 5.77. The lowest BCUT2D eigenvalue weighted by Gasteiger charge is -2.01. The van der Waals surface area contributed by atoms with Gasteiger partial charge in [-0.25, -0.2) is 0 Å². The van der Waals surface area contributed by atoms with Gasteiger partial charge in [0.15, 0.2) is 0 Å². The summed E-state index contributed by atoms with van der Waals surface area (Å²) in [5, 5.41) is 2.63. The minimum absolute atomic E-state index is 0.0767. The molecular formula is C17H29NO. The van der Waals surface area contributed by atoms with Gasteiger partial charge in [0, 0.05) is 13.5 Å². The number of rotatable bonds is 8. The van der Waals surface area contributed by atoms with E-state index in [1.165, 1.54) is 16.7 Å². The van der Waals surface area contributed by atoms with Crippen molar-refractivity contribution in [2.24, 2.45) is 0 Å². The number of amides is 1. The molecule has 0 spiro atoms. The Morgan fingerprint density at radius 3 is 1.95 bits per heavy atom. The monoisotopic (exact) mass is 263 g/mol. The molecule has 0 unspecified atom stereocenters. The fraction of sp³-hybridized carbons (Fsp3) is 0.588. The van der Waals surface area contributed by atoms with E-state index in [0.29, 0.717) is 6.42 Å². The van der Waals surface area contributed by atoms with Gasteiger partial charge in [-0.15, -0.1) is 0 Å². The SMILES string of the molecule is CNC(=O)C/C=C(\C)CC/C=C(\C)CCC=C(C)C. The van der Waals surface area contributed by atoms with Gasteiger partial charge in [0.2, 0.25) is 5.91 Å². The van der Waals surface area contributed by atoms with Crippen LogP contribution in [0, 0.1) is 0 Å². The molecule has 0 aliphatic rings. The molecule has 0 saturated carbocycles. The number of carbonyl (C=O) groups excluding carboxylic acids is 1. The summed E-state index contributed by atoms with van der Waals surface area (Å²) in [6, 6.07) is 0. The van der Waals surface area contributed by atoms with Crippen LogP contribution < -0.4 is 5.32 Å². The zero-order valence-electron chi connectivity index (χ0n) is 13.2. The molecule has 0 aromatic heterocycles. The minimum Gasteiger partial charge on any atom is -0.359 e. The van der Waals surface area contributed by atoms with Gasteiger partial charge in [0.25, 0.3) is 0 Å². The number of hydrogen-bond donors (Lipinski definition) is 1. The van der Waals surface area contributed by atoms with Gasteiger partial charge in [-0.05, 0) is 53.4 Å². The van der Waals surface area contributed by atoms with E-state index in [-0.39, 0.29) is 5.91 Å². The summed E-state index contributed by atoms with van der Waals surface area (Å²) >= 11 is 0. The van der Waals surface area contributed by atoms with Crippen molar-refractivity contribution in [1.29, 1.82) is 0 Å². The third kappa shape index (κ3) is 11.5. The lowest BCUT2D eigenvalue weighted by molar-refractivity contribution is -0.119. The molecule has 108 valence electrons. The van der Waals surface area contributed by atoms with Crippen molar-refractivity contribution in [3.8, 4) is 0 Å². The summed E-state index contributed by atoms with van der Waals surface area (Å²) in [5.41, 5.74) is 4.13. The molecule has 0 aromatic carbocycles. The standard InChI is InChI=1S/C17H29NO/c1-14(2)8-6-9-15(3)10-7-11-16(4)12-13-17(19)18-5/h8,10,12H,6-7,9,11,13H2,1-5H3,(H,18,19)/b15-10+,16-12+. The summed E-state index contributed by atoms with van der Waals surface area (Å²) in [5.74, 6) is 0.0767. The maximum Gasteiger partial charge on any atom is 0.223 e. The number of nitrogens with one attached hydrogen (secondary N) is 1. The van der Waals surface area contributed by atoms with Crippen LogP contribution in [0.4, 0.5) is 0 Å². The first kappa shape index (κ1) is 17.7. The Morgan fingerprint density at radius 1 is 0.895 bits per heavy atom. The van der Waals surface area contributed by atoms with Crippen LogP contribution in [-0.4, -0.2) is 13.0 Å². The van der Waals surface area contributed by atoms with E-state index in [0.717, 1.165) is 25.7 Å². The van der Waals surface area contributed by atoms with Crippen LogP contribution in [0.3, 0.4) is 0 Å². The average Bonchev–Trinajstić information content (AvgIpc) is 2.35. The van der Waals surface area contributed by atoms with Crippen molar-refractivity contribution in [2.75, 3.05) is 7.05 Å². The maximum absolute atomic E-state index is 11.1. The van der Waals surface area contributed by atoms with Crippen molar-refractivity contribution in [3.63, 3.8) is 0 Å². The summed E-state index contributed by atoms with van der Waals surface area (Å²) in [6.07, 6.45) is 11.5. The molecule has 0 aromatic rings. The van der Waals surface area contributed by atoms with Gasteiger partial charge >= 0.3 is 0 Å². The molecule has 0 aliphatic heterocycles. The third-order valence-electron chi connectivity index (χ3n) is 3.04. The van der Waals surface area contributed by atoms with E-state index >= 15 is 0 Å². The maximum atomic E-state index is 11.1. The van der Waals surface area contributed by atoms with Crippen molar-refractivity contribution in [1.82, 2.24) is 5.32 Å². The van der Waals surface area contributed by atoms with Crippen LogP contribution in [0.1, 0.15) is 59.8 Å². The molecule has 0 radical (unpaired) electrons. The van der Waals surface area contributed by atoms with Crippen molar-refractivity contribution in [3.05, 3.63) is 34.9 Å². The number of allylic oxidation sites excluding steroid dienone is 5. The van der Waals surface area contributed by atoms with Crippen LogP contribution >= 0.6 is 0 Å². The Bertz CT molecular complexity index is 357. The van der Waals surface area contributed by atoms with Crippen molar-refractivity contribution in [2.45, 2.75) is 59.8 Å². The molecule has 0 bridgehead atoms. The first-order valence-corrected chi connectivity index (χ1v) is 7.11. The second kappa shape index (κ2) is 10.6. The fourth-order valence-corrected chi connectivity index (χ4v) is 1.71. The van der Waals surface area contributed by atoms with Crippen LogP contribution in [0.5, 0.6) is 0 Å². The molecule has 1 N–H and O–H groups in total. The second-order valence-corrected chi connectivity index (χ2v) is 5.34. The Morgan fingerprint density at radius 2 is 1.42 bits per heavy atom. The normalized spacial score (nSPS) is 12.3. The van der Waals surface area contributed by atoms with Crippen LogP contribution in [0.25, 0.3) is 0 Å². The molecule has 0 fully saturated rings. The molecule has 1 amide bonds. The van der Waals surface area contributed by atoms with Gasteiger partial charge in [-0.1, -0.05) is 34.9 Å². The van der Waals surface area contributed by atoms with Crippen LogP contribution in [0.15, 0.2) is 34.9 Å². The molecule has 0 saturated heterocycles. The minimum atomic E-state index is 0.0767. The Kier molecular flexibility index (Phi) is 9.87. The zero-order chi connectivity index (χ0) is 14.7. The largest absolute Gasteiger partial charge is 0.359 e. The lowest BCUT2D eigenvalue weighted by Crippen LogP contribution is -2.16. The molecule has 0 aliphatic carbocycles. The second-order valence-electron chi connectivity index (χ2n) is 5.34. The summed E-state index contributed by atoms with van der Waals surface area (Å²) < 4.78 is 0. The molecule has 19 heavy (non-hydrogen) atoms. The highest BCUT2D eigenvalue weighted by atomic mass is 16.1. The zero-order valence-corrected chi connectivity index (χ0v) is 13.2. The van der Waals surface area contributed by atoms with Gasteiger partial charge in [0.05, 0.1) is 0 Å². The summed E-state index contributed by atoms with van der Waals surface area (Å²) in [4.78, 5) is 11.1. The average molecular weight is 263 g/mol. The predicted molar refractivity (Wildman–Crippen MR) is 84.1 cm³/mol. The molecular weight excluding hydrogens is 234 g/mol. The Hall–Kier alpha value is -1.31. The summed E-state index contributed by atoms with van der Waals surface area (Å²) in [6.45, 7) is 8.57. The van der Waals surface area contributed by atoms with E-state index < -0.39 is 0 Å². The van der Waals surface area contributed by atoms with Crippen molar-refractivity contribution < 1.29 is 4.79 Å².